The van der Waals surface area contributed by atoms with Gasteiger partial charge in [-0.25, -0.2) is 9.78 Å². The first-order valence-electron chi connectivity index (χ1n) is 6.56. The molecule has 0 saturated carbocycles. The SMILES string of the molecule is CCCCCCCCSc1ccc(C(=O)O)cn1. The number of aromatic nitrogens is 1. The third-order valence-electron chi connectivity index (χ3n) is 2.73. The standard InChI is InChI=1S/C14H21NO2S/c1-2-3-4-5-6-7-10-18-13-9-8-12(11-15-13)14(16)17/h8-9,11H,2-7,10H2,1H3,(H,16,17). The molecule has 0 aliphatic heterocycles. The molecule has 18 heavy (non-hydrogen) atoms. The molecule has 0 unspecified atom stereocenters. The van der Waals surface area contributed by atoms with E-state index in [1.54, 1.807) is 23.9 Å². The third-order valence-corrected chi connectivity index (χ3v) is 3.76. The minimum absolute atomic E-state index is 0.249. The van der Waals surface area contributed by atoms with E-state index in [1.807, 2.05) is 0 Å². The molecule has 0 aliphatic rings. The summed E-state index contributed by atoms with van der Waals surface area (Å²) in [7, 11) is 0. The van der Waals surface area contributed by atoms with E-state index in [0.717, 1.165) is 10.8 Å². The smallest absolute Gasteiger partial charge is 0.337 e. The van der Waals surface area contributed by atoms with Gasteiger partial charge in [0, 0.05) is 6.20 Å². The second kappa shape index (κ2) is 8.97. The number of unbranched alkanes of at least 4 members (excludes halogenated alkanes) is 5. The van der Waals surface area contributed by atoms with Gasteiger partial charge in [-0.1, -0.05) is 39.0 Å². The molecular weight excluding hydrogens is 246 g/mol. The van der Waals surface area contributed by atoms with Crippen LogP contribution in [0.15, 0.2) is 23.4 Å². The zero-order valence-corrected chi connectivity index (χ0v) is 11.7. The van der Waals surface area contributed by atoms with Crippen molar-refractivity contribution < 1.29 is 9.90 Å². The van der Waals surface area contributed by atoms with E-state index in [2.05, 4.69) is 11.9 Å². The largest absolute Gasteiger partial charge is 0.478 e. The summed E-state index contributed by atoms with van der Waals surface area (Å²) in [5.41, 5.74) is 0.249. The van der Waals surface area contributed by atoms with Crippen LogP contribution in [0.25, 0.3) is 0 Å². The molecule has 0 aromatic carbocycles. The van der Waals surface area contributed by atoms with Gasteiger partial charge < -0.3 is 5.11 Å². The number of pyridine rings is 1. The summed E-state index contributed by atoms with van der Waals surface area (Å²) in [6.07, 6.45) is 9.19. The molecule has 1 aromatic rings. The van der Waals surface area contributed by atoms with Crippen LogP contribution in [0.1, 0.15) is 55.8 Å². The molecule has 0 radical (unpaired) electrons. The van der Waals surface area contributed by atoms with Crippen molar-refractivity contribution in [1.29, 1.82) is 0 Å². The van der Waals surface area contributed by atoms with Crippen LogP contribution in [0.5, 0.6) is 0 Å². The van der Waals surface area contributed by atoms with Crippen LogP contribution in [0.4, 0.5) is 0 Å². The summed E-state index contributed by atoms with van der Waals surface area (Å²) in [4.78, 5) is 14.8. The number of hydrogen-bond acceptors (Lipinski definition) is 3. The summed E-state index contributed by atoms with van der Waals surface area (Å²) >= 11 is 1.70. The summed E-state index contributed by atoms with van der Waals surface area (Å²) < 4.78 is 0. The van der Waals surface area contributed by atoms with E-state index < -0.39 is 5.97 Å². The average molecular weight is 267 g/mol. The van der Waals surface area contributed by atoms with Crippen LogP contribution in [0.3, 0.4) is 0 Å². The first kappa shape index (κ1) is 15.0. The fourth-order valence-electron chi connectivity index (χ4n) is 1.65. The topological polar surface area (TPSA) is 50.2 Å². The Kier molecular flexibility index (Phi) is 7.49. The molecule has 0 atom stereocenters. The van der Waals surface area contributed by atoms with Crippen molar-refractivity contribution in [3.63, 3.8) is 0 Å². The number of aromatic carboxylic acids is 1. The van der Waals surface area contributed by atoms with E-state index in [-0.39, 0.29) is 5.56 Å². The van der Waals surface area contributed by atoms with Gasteiger partial charge in [0.1, 0.15) is 0 Å². The molecule has 100 valence electrons. The summed E-state index contributed by atoms with van der Waals surface area (Å²) in [5, 5.41) is 9.66. The highest BCUT2D eigenvalue weighted by molar-refractivity contribution is 7.99. The van der Waals surface area contributed by atoms with Crippen molar-refractivity contribution in [2.75, 3.05) is 5.75 Å². The van der Waals surface area contributed by atoms with Crippen molar-refractivity contribution in [2.24, 2.45) is 0 Å². The zero-order valence-electron chi connectivity index (χ0n) is 10.9. The molecule has 1 aromatic heterocycles. The van der Waals surface area contributed by atoms with Crippen molar-refractivity contribution in [1.82, 2.24) is 4.98 Å². The third kappa shape index (κ3) is 6.05. The fraction of sp³-hybridized carbons (Fsp3) is 0.571. The van der Waals surface area contributed by atoms with Crippen LogP contribution in [0.2, 0.25) is 0 Å². The lowest BCUT2D eigenvalue weighted by molar-refractivity contribution is 0.0696. The van der Waals surface area contributed by atoms with E-state index in [1.165, 1.54) is 44.7 Å². The number of nitrogens with zero attached hydrogens (tertiary/aromatic N) is 1. The molecular formula is C14H21NO2S. The van der Waals surface area contributed by atoms with Crippen molar-refractivity contribution in [2.45, 2.75) is 50.5 Å². The quantitative estimate of drug-likeness (QED) is 0.537. The predicted molar refractivity (Wildman–Crippen MR) is 75.3 cm³/mol. The monoisotopic (exact) mass is 267 g/mol. The fourth-order valence-corrected chi connectivity index (χ4v) is 2.50. The lowest BCUT2D eigenvalue weighted by Gasteiger charge is -2.02. The van der Waals surface area contributed by atoms with Gasteiger partial charge in [0.05, 0.1) is 10.6 Å². The highest BCUT2D eigenvalue weighted by Crippen LogP contribution is 2.18. The van der Waals surface area contributed by atoms with Gasteiger partial charge in [0.25, 0.3) is 0 Å². The second-order valence-corrected chi connectivity index (χ2v) is 5.42. The zero-order chi connectivity index (χ0) is 13.2. The Morgan fingerprint density at radius 1 is 1.22 bits per heavy atom. The van der Waals surface area contributed by atoms with Crippen LogP contribution in [0, 0.1) is 0 Å². The van der Waals surface area contributed by atoms with Gasteiger partial charge in [0.2, 0.25) is 0 Å². The molecule has 0 saturated heterocycles. The number of carboxylic acids is 1. The Balaban J connectivity index is 2.14. The Morgan fingerprint density at radius 2 is 1.94 bits per heavy atom. The van der Waals surface area contributed by atoms with E-state index in [0.29, 0.717) is 0 Å². The average Bonchev–Trinajstić information content (AvgIpc) is 2.38. The highest BCUT2D eigenvalue weighted by Gasteiger charge is 2.02. The molecule has 0 fully saturated rings. The van der Waals surface area contributed by atoms with E-state index in [4.69, 9.17) is 5.11 Å². The summed E-state index contributed by atoms with van der Waals surface area (Å²) in [5.74, 6) is 0.140. The minimum atomic E-state index is -0.921. The number of carbonyl (C=O) groups is 1. The van der Waals surface area contributed by atoms with Gasteiger partial charge in [-0.2, -0.15) is 0 Å². The maximum Gasteiger partial charge on any atom is 0.337 e. The Morgan fingerprint density at radius 3 is 2.56 bits per heavy atom. The number of rotatable bonds is 9. The number of carboxylic acid groups (broad SMARTS) is 1. The van der Waals surface area contributed by atoms with Gasteiger partial charge in [-0.15, -0.1) is 11.8 Å². The molecule has 0 bridgehead atoms. The molecule has 0 amide bonds. The first-order chi connectivity index (χ1) is 8.74. The maximum absolute atomic E-state index is 10.7. The van der Waals surface area contributed by atoms with Gasteiger partial charge >= 0.3 is 5.97 Å². The Labute approximate surface area is 113 Å². The maximum atomic E-state index is 10.7. The van der Waals surface area contributed by atoms with Crippen molar-refractivity contribution in [3.05, 3.63) is 23.9 Å². The van der Waals surface area contributed by atoms with Crippen molar-refractivity contribution >= 4 is 17.7 Å². The molecule has 3 nitrogen and oxygen atoms in total. The van der Waals surface area contributed by atoms with Crippen LogP contribution < -0.4 is 0 Å². The summed E-state index contributed by atoms with van der Waals surface area (Å²) in [6, 6.07) is 3.39. The molecule has 0 aliphatic carbocycles. The molecule has 1 heterocycles. The minimum Gasteiger partial charge on any atom is -0.478 e. The van der Waals surface area contributed by atoms with Crippen LogP contribution >= 0.6 is 11.8 Å². The van der Waals surface area contributed by atoms with Crippen molar-refractivity contribution in [3.8, 4) is 0 Å². The van der Waals surface area contributed by atoms with Gasteiger partial charge in [-0.05, 0) is 24.3 Å². The Bertz CT molecular complexity index is 351. The van der Waals surface area contributed by atoms with E-state index in [9.17, 15) is 4.79 Å². The van der Waals surface area contributed by atoms with Crippen LogP contribution in [-0.4, -0.2) is 21.8 Å². The van der Waals surface area contributed by atoms with Gasteiger partial charge in [0.15, 0.2) is 0 Å². The molecule has 0 spiro atoms. The Hall–Kier alpha value is -1.03. The molecule has 1 rings (SSSR count). The normalized spacial score (nSPS) is 10.5. The van der Waals surface area contributed by atoms with Gasteiger partial charge in [-0.3, -0.25) is 0 Å². The number of thioether (sulfide) groups is 1. The molecule has 4 heteroatoms. The number of hydrogen-bond donors (Lipinski definition) is 1. The lowest BCUT2D eigenvalue weighted by Crippen LogP contribution is -1.96. The van der Waals surface area contributed by atoms with E-state index >= 15 is 0 Å². The first-order valence-corrected chi connectivity index (χ1v) is 7.54. The lowest BCUT2D eigenvalue weighted by atomic mass is 10.1. The van der Waals surface area contributed by atoms with Crippen LogP contribution in [-0.2, 0) is 0 Å². The highest BCUT2D eigenvalue weighted by atomic mass is 32.2. The second-order valence-electron chi connectivity index (χ2n) is 4.31. The summed E-state index contributed by atoms with van der Waals surface area (Å²) in [6.45, 7) is 2.22. The predicted octanol–water partition coefficient (Wildman–Crippen LogP) is 4.23. The molecule has 1 N–H and O–H groups in total.